The molecule has 5 heteroatoms. The largest absolute Gasteiger partial charge is 0.314 e. The highest BCUT2D eigenvalue weighted by atomic mass is 79.9. The molecule has 16 heavy (non-hydrogen) atoms. The fourth-order valence-electron chi connectivity index (χ4n) is 1.36. The monoisotopic (exact) mass is 360 g/mol. The Morgan fingerprint density at radius 1 is 1.38 bits per heavy atom. The zero-order chi connectivity index (χ0) is 11.5. The lowest BCUT2D eigenvalue weighted by Gasteiger charge is -2.01. The molecule has 84 valence electrons. The Hall–Kier alpha value is -0.230. The summed E-state index contributed by atoms with van der Waals surface area (Å²) in [5, 5.41) is 6.29. The number of hydrogen-bond donors (Lipinski definition) is 1. The molecular weight excluding hydrogens is 352 g/mol. The van der Waals surface area contributed by atoms with E-state index in [-0.39, 0.29) is 0 Å². The topological polar surface area (TPSA) is 24.9 Å². The van der Waals surface area contributed by atoms with Crippen molar-refractivity contribution in [3.05, 3.63) is 37.5 Å². The Morgan fingerprint density at radius 2 is 2.19 bits per heavy atom. The number of halogens is 2. The Kier molecular flexibility index (Phi) is 4.13. The van der Waals surface area contributed by atoms with Crippen molar-refractivity contribution in [2.45, 2.75) is 6.54 Å². The quantitative estimate of drug-likeness (QED) is 0.891. The van der Waals surface area contributed by atoms with E-state index >= 15 is 0 Å². The van der Waals surface area contributed by atoms with Crippen LogP contribution in [0.25, 0.3) is 11.3 Å². The molecular formula is C11H10Br2N2S. The maximum absolute atomic E-state index is 4.58. The van der Waals surface area contributed by atoms with E-state index in [0.29, 0.717) is 0 Å². The SMILES string of the molecule is CNCc1nc(-c2cc(Br)ccc2Br)cs1. The van der Waals surface area contributed by atoms with Crippen molar-refractivity contribution < 1.29 is 0 Å². The predicted molar refractivity (Wildman–Crippen MR) is 75.7 cm³/mol. The Morgan fingerprint density at radius 3 is 2.94 bits per heavy atom. The van der Waals surface area contributed by atoms with Gasteiger partial charge in [-0.2, -0.15) is 0 Å². The highest BCUT2D eigenvalue weighted by Gasteiger charge is 2.08. The van der Waals surface area contributed by atoms with E-state index in [1.807, 2.05) is 19.2 Å². The third-order valence-electron chi connectivity index (χ3n) is 2.08. The summed E-state index contributed by atoms with van der Waals surface area (Å²) in [6, 6.07) is 6.10. The summed E-state index contributed by atoms with van der Waals surface area (Å²) in [6.45, 7) is 0.816. The average molecular weight is 362 g/mol. The molecule has 1 aromatic heterocycles. The minimum atomic E-state index is 0.816. The van der Waals surface area contributed by atoms with Crippen LogP contribution in [0.5, 0.6) is 0 Å². The van der Waals surface area contributed by atoms with Crippen molar-refractivity contribution in [1.29, 1.82) is 0 Å². The first-order chi connectivity index (χ1) is 7.70. The predicted octanol–water partition coefficient (Wildman–Crippen LogP) is 4.05. The van der Waals surface area contributed by atoms with Crippen molar-refractivity contribution >= 4 is 43.2 Å². The lowest BCUT2D eigenvalue weighted by molar-refractivity contribution is 0.811. The summed E-state index contributed by atoms with van der Waals surface area (Å²) in [5.74, 6) is 0. The molecule has 2 rings (SSSR count). The molecule has 1 aromatic carbocycles. The standard InChI is InChI=1S/C11H10Br2N2S/c1-14-5-11-15-10(6-16-11)8-4-7(12)2-3-9(8)13/h2-4,6,14H,5H2,1H3. The van der Waals surface area contributed by atoms with Crippen molar-refractivity contribution in [1.82, 2.24) is 10.3 Å². The van der Waals surface area contributed by atoms with Crippen LogP contribution >= 0.6 is 43.2 Å². The molecule has 0 amide bonds. The van der Waals surface area contributed by atoms with Crippen LogP contribution in [0.4, 0.5) is 0 Å². The van der Waals surface area contributed by atoms with Gasteiger partial charge in [0.15, 0.2) is 0 Å². The first-order valence-corrected chi connectivity index (χ1v) is 7.21. The number of benzene rings is 1. The number of hydrogen-bond acceptors (Lipinski definition) is 3. The van der Waals surface area contributed by atoms with Crippen LogP contribution in [0.15, 0.2) is 32.5 Å². The van der Waals surface area contributed by atoms with Crippen LogP contribution in [-0.2, 0) is 6.54 Å². The van der Waals surface area contributed by atoms with Crippen molar-refractivity contribution in [2.24, 2.45) is 0 Å². The fourth-order valence-corrected chi connectivity index (χ4v) is 2.98. The van der Waals surface area contributed by atoms with Crippen molar-refractivity contribution in [2.75, 3.05) is 7.05 Å². The molecule has 0 unspecified atom stereocenters. The van der Waals surface area contributed by atoms with Gasteiger partial charge in [0.25, 0.3) is 0 Å². The van der Waals surface area contributed by atoms with Gasteiger partial charge in [0, 0.05) is 26.4 Å². The zero-order valence-electron chi connectivity index (χ0n) is 8.63. The number of rotatable bonds is 3. The van der Waals surface area contributed by atoms with Crippen molar-refractivity contribution in [3.63, 3.8) is 0 Å². The summed E-state index contributed by atoms with van der Waals surface area (Å²) < 4.78 is 2.13. The van der Waals surface area contributed by atoms with E-state index in [9.17, 15) is 0 Å². The van der Waals surface area contributed by atoms with Gasteiger partial charge < -0.3 is 5.32 Å². The molecule has 0 aliphatic carbocycles. The zero-order valence-corrected chi connectivity index (χ0v) is 12.6. The van der Waals surface area contributed by atoms with Crippen LogP contribution in [0.2, 0.25) is 0 Å². The molecule has 0 saturated carbocycles. The van der Waals surface area contributed by atoms with Crippen LogP contribution in [0, 0.1) is 0 Å². The molecule has 0 aliphatic heterocycles. The van der Waals surface area contributed by atoms with E-state index in [4.69, 9.17) is 0 Å². The fraction of sp³-hybridized carbons (Fsp3) is 0.182. The Balaban J connectivity index is 2.38. The second-order valence-corrected chi connectivity index (χ2v) is 5.99. The van der Waals surface area contributed by atoms with Crippen LogP contribution in [0.3, 0.4) is 0 Å². The minimum Gasteiger partial charge on any atom is -0.314 e. The molecule has 0 aliphatic rings. The number of nitrogens with zero attached hydrogens (tertiary/aromatic N) is 1. The summed E-state index contributed by atoms with van der Waals surface area (Å²) in [5.41, 5.74) is 2.14. The van der Waals surface area contributed by atoms with Gasteiger partial charge in [0.2, 0.25) is 0 Å². The third-order valence-corrected chi connectivity index (χ3v) is 4.12. The first-order valence-electron chi connectivity index (χ1n) is 4.75. The summed E-state index contributed by atoms with van der Waals surface area (Å²) in [4.78, 5) is 4.58. The maximum Gasteiger partial charge on any atom is 0.107 e. The third kappa shape index (κ3) is 2.71. The van der Waals surface area contributed by atoms with Crippen LogP contribution < -0.4 is 5.32 Å². The van der Waals surface area contributed by atoms with E-state index < -0.39 is 0 Å². The average Bonchev–Trinajstić information content (AvgIpc) is 2.71. The number of aromatic nitrogens is 1. The number of thiazole rings is 1. The van der Waals surface area contributed by atoms with Gasteiger partial charge in [-0.1, -0.05) is 31.9 Å². The molecule has 1 N–H and O–H groups in total. The molecule has 0 spiro atoms. The highest BCUT2D eigenvalue weighted by molar-refractivity contribution is 9.11. The van der Waals surface area contributed by atoms with E-state index in [2.05, 4.69) is 53.6 Å². The molecule has 1 heterocycles. The molecule has 0 radical (unpaired) electrons. The summed E-state index contributed by atoms with van der Waals surface area (Å²) in [7, 11) is 1.93. The Bertz CT molecular complexity index is 496. The van der Waals surface area contributed by atoms with E-state index in [0.717, 1.165) is 31.8 Å². The molecule has 0 fully saturated rings. The molecule has 0 saturated heterocycles. The summed E-state index contributed by atoms with van der Waals surface area (Å²) in [6.07, 6.45) is 0. The Labute approximate surface area is 115 Å². The van der Waals surface area contributed by atoms with Gasteiger partial charge in [0.1, 0.15) is 5.01 Å². The van der Waals surface area contributed by atoms with Gasteiger partial charge in [-0.3, -0.25) is 0 Å². The van der Waals surface area contributed by atoms with Gasteiger partial charge in [0.05, 0.1) is 5.69 Å². The highest BCUT2D eigenvalue weighted by Crippen LogP contribution is 2.31. The van der Waals surface area contributed by atoms with Gasteiger partial charge in [-0.25, -0.2) is 4.98 Å². The van der Waals surface area contributed by atoms with Gasteiger partial charge in [-0.15, -0.1) is 11.3 Å². The second-order valence-electron chi connectivity index (χ2n) is 3.28. The van der Waals surface area contributed by atoms with Crippen molar-refractivity contribution in [3.8, 4) is 11.3 Å². The van der Waals surface area contributed by atoms with E-state index in [1.54, 1.807) is 11.3 Å². The van der Waals surface area contributed by atoms with Gasteiger partial charge >= 0.3 is 0 Å². The normalized spacial score (nSPS) is 10.7. The minimum absolute atomic E-state index is 0.816. The molecule has 2 aromatic rings. The lowest BCUT2D eigenvalue weighted by atomic mass is 10.2. The second kappa shape index (κ2) is 5.40. The van der Waals surface area contributed by atoms with Crippen LogP contribution in [-0.4, -0.2) is 12.0 Å². The number of nitrogens with one attached hydrogen (secondary N) is 1. The maximum atomic E-state index is 4.58. The van der Waals surface area contributed by atoms with Gasteiger partial charge in [-0.05, 0) is 25.2 Å². The smallest absolute Gasteiger partial charge is 0.107 e. The molecule has 2 nitrogen and oxygen atoms in total. The molecule has 0 bridgehead atoms. The lowest BCUT2D eigenvalue weighted by Crippen LogP contribution is -2.04. The first kappa shape index (κ1) is 12.2. The van der Waals surface area contributed by atoms with E-state index in [1.165, 1.54) is 0 Å². The molecule has 0 atom stereocenters. The summed E-state index contributed by atoms with van der Waals surface area (Å²) >= 11 is 8.69. The van der Waals surface area contributed by atoms with Crippen LogP contribution in [0.1, 0.15) is 5.01 Å².